The van der Waals surface area contributed by atoms with E-state index in [2.05, 4.69) is 28.1 Å². The molecule has 3 heterocycles. The Morgan fingerprint density at radius 3 is 2.41 bits per heavy atom. The van der Waals surface area contributed by atoms with Crippen LogP contribution in [0.15, 0.2) is 6.33 Å². The first-order valence-electron chi connectivity index (χ1n) is 7.97. The number of halogens is 1. The standard InChI is InChI=1S/C10H15ClN5O13P3/c11-10-14-7(12)4-8(15-10)16(2-13-4)9-6(18)5(17)3(27-9)1-26-31(22,23)29-32(24,25)28-30(19,20)21/h2-3,5-6,9,17-18H,1H2,(H,22,23)(H,24,25)(H2,12,14,15)(H2,19,20,21)/p-4. The molecule has 4 N–H and O–H groups in total. The number of rotatable bonds is 8. The maximum Gasteiger partial charge on any atom is 0.278 e. The molecule has 3 rings (SSSR count). The highest BCUT2D eigenvalue weighted by Crippen LogP contribution is 2.60. The minimum Gasteiger partial charge on any atom is -0.790 e. The number of ether oxygens (including phenoxy) is 1. The normalized spacial score (nSPS) is 28.0. The van der Waals surface area contributed by atoms with Crippen LogP contribution in [-0.2, 0) is 31.6 Å². The van der Waals surface area contributed by atoms with E-state index in [-0.39, 0.29) is 22.3 Å². The molecule has 18 nitrogen and oxygen atoms in total. The zero-order valence-electron chi connectivity index (χ0n) is 15.1. The quantitative estimate of drug-likeness (QED) is 0.217. The maximum atomic E-state index is 11.6. The summed E-state index contributed by atoms with van der Waals surface area (Å²) in [6.07, 6.45) is -5.33. The number of fused-ring (bicyclic) bond motifs is 1. The van der Waals surface area contributed by atoms with Crippen molar-refractivity contribution in [3.63, 3.8) is 0 Å². The van der Waals surface area contributed by atoms with Crippen molar-refractivity contribution in [1.29, 1.82) is 0 Å². The molecule has 1 aliphatic rings. The van der Waals surface area contributed by atoms with Gasteiger partial charge in [0.25, 0.3) is 15.6 Å². The van der Waals surface area contributed by atoms with Crippen LogP contribution < -0.4 is 25.3 Å². The zero-order valence-corrected chi connectivity index (χ0v) is 18.5. The van der Waals surface area contributed by atoms with Crippen LogP contribution in [0.25, 0.3) is 11.2 Å². The highest BCUT2D eigenvalue weighted by molar-refractivity contribution is 7.64. The van der Waals surface area contributed by atoms with Gasteiger partial charge in [0.2, 0.25) is 5.28 Å². The molecule has 6 unspecified atom stereocenters. The first-order chi connectivity index (χ1) is 14.6. The van der Waals surface area contributed by atoms with E-state index in [1.54, 1.807) is 0 Å². The van der Waals surface area contributed by atoms with E-state index < -0.39 is 54.6 Å². The number of imidazole rings is 1. The number of nitrogen functional groups attached to an aromatic ring is 1. The molecule has 0 aromatic carbocycles. The summed E-state index contributed by atoms with van der Waals surface area (Å²) in [6.45, 7) is -1.10. The van der Waals surface area contributed by atoms with Crippen molar-refractivity contribution in [3.8, 4) is 0 Å². The lowest BCUT2D eigenvalue weighted by Crippen LogP contribution is -2.34. The molecule has 22 heteroatoms. The van der Waals surface area contributed by atoms with Gasteiger partial charge in [-0.25, -0.2) is 9.29 Å². The fraction of sp³-hybridized carbons (Fsp3) is 0.500. The van der Waals surface area contributed by atoms with Gasteiger partial charge in [-0.3, -0.25) is 18.0 Å². The van der Waals surface area contributed by atoms with E-state index in [1.807, 2.05) is 0 Å². The molecule has 0 spiro atoms. The lowest BCUT2D eigenvalue weighted by Gasteiger charge is -2.37. The fourth-order valence-electron chi connectivity index (χ4n) is 2.64. The molecule has 1 fully saturated rings. The third kappa shape index (κ3) is 5.88. The van der Waals surface area contributed by atoms with Crippen LogP contribution in [-0.4, -0.2) is 54.7 Å². The Morgan fingerprint density at radius 1 is 1.12 bits per heavy atom. The summed E-state index contributed by atoms with van der Waals surface area (Å²) in [5.41, 5.74) is 5.75. The molecule has 0 bridgehead atoms. The predicted molar refractivity (Wildman–Crippen MR) is 91.6 cm³/mol. The summed E-state index contributed by atoms with van der Waals surface area (Å²) >= 11 is 5.73. The van der Waals surface area contributed by atoms with Crippen LogP contribution in [0.3, 0.4) is 0 Å². The summed E-state index contributed by atoms with van der Waals surface area (Å²) < 4.78 is 50.2. The molecule has 0 saturated carbocycles. The summed E-state index contributed by atoms with van der Waals surface area (Å²) in [5.74, 6) is -0.0962. The van der Waals surface area contributed by atoms with Crippen molar-refractivity contribution >= 4 is 52.1 Å². The topological polar surface area (TPSA) is 290 Å². The van der Waals surface area contributed by atoms with Crippen molar-refractivity contribution < 1.29 is 61.4 Å². The van der Waals surface area contributed by atoms with Crippen molar-refractivity contribution in [2.45, 2.75) is 24.5 Å². The third-order valence-electron chi connectivity index (χ3n) is 3.83. The number of aliphatic hydroxyl groups excluding tert-OH is 2. The van der Waals surface area contributed by atoms with Gasteiger partial charge in [-0.15, -0.1) is 0 Å². The Balaban J connectivity index is 1.72. The molecule has 1 saturated heterocycles. The van der Waals surface area contributed by atoms with E-state index in [0.29, 0.717) is 0 Å². The molecule has 6 atom stereocenters. The molecule has 180 valence electrons. The number of hydrogen-bond acceptors (Lipinski definition) is 17. The number of aromatic nitrogens is 4. The average Bonchev–Trinajstić information content (AvgIpc) is 3.12. The second-order valence-corrected chi connectivity index (χ2v) is 10.6. The number of phosphoric acid groups is 3. The van der Waals surface area contributed by atoms with Gasteiger partial charge in [0.05, 0.1) is 20.8 Å². The van der Waals surface area contributed by atoms with Gasteiger partial charge >= 0.3 is 0 Å². The molecule has 0 amide bonds. The molecular formula is C10H11ClN5O13P3-4. The number of hydrogen-bond donors (Lipinski definition) is 3. The number of nitrogens with zero attached hydrogens (tertiary/aromatic N) is 4. The van der Waals surface area contributed by atoms with Gasteiger partial charge < -0.3 is 49.3 Å². The molecular weight excluding hydrogens is 527 g/mol. The van der Waals surface area contributed by atoms with Crippen LogP contribution >= 0.6 is 35.1 Å². The van der Waals surface area contributed by atoms with Gasteiger partial charge in [0, 0.05) is 0 Å². The summed E-state index contributed by atoms with van der Waals surface area (Å²) in [4.78, 5) is 54.9. The summed E-state index contributed by atoms with van der Waals surface area (Å²) in [6, 6.07) is 0. The van der Waals surface area contributed by atoms with E-state index in [9.17, 15) is 43.5 Å². The van der Waals surface area contributed by atoms with E-state index in [1.165, 1.54) is 0 Å². The maximum absolute atomic E-state index is 11.6. The molecule has 32 heavy (non-hydrogen) atoms. The van der Waals surface area contributed by atoms with Crippen molar-refractivity contribution in [2.75, 3.05) is 12.3 Å². The highest BCUT2D eigenvalue weighted by atomic mass is 35.5. The Morgan fingerprint density at radius 2 is 1.78 bits per heavy atom. The lowest BCUT2D eigenvalue weighted by atomic mass is 10.1. The average molecular weight is 538 g/mol. The van der Waals surface area contributed by atoms with Crippen molar-refractivity contribution in [2.24, 2.45) is 0 Å². The smallest absolute Gasteiger partial charge is 0.278 e. The molecule has 0 aliphatic carbocycles. The van der Waals surface area contributed by atoms with Crippen LogP contribution in [0, 0.1) is 0 Å². The zero-order chi connectivity index (χ0) is 24.1. The van der Waals surface area contributed by atoms with Crippen LogP contribution in [0.2, 0.25) is 5.28 Å². The summed E-state index contributed by atoms with van der Waals surface area (Å²) in [7, 11) is -18.1. The Labute approximate surface area is 182 Å². The van der Waals surface area contributed by atoms with Crippen molar-refractivity contribution in [1.82, 2.24) is 19.5 Å². The minimum absolute atomic E-state index is 0.00208. The second-order valence-electron chi connectivity index (χ2n) is 6.05. The second kappa shape index (κ2) is 8.94. The van der Waals surface area contributed by atoms with Gasteiger partial charge in [0.1, 0.15) is 23.8 Å². The molecule has 0 radical (unpaired) electrons. The number of phosphoric ester groups is 1. The van der Waals surface area contributed by atoms with Gasteiger partial charge in [-0.2, -0.15) is 9.97 Å². The Kier molecular flexibility index (Phi) is 7.14. The predicted octanol–water partition coefficient (Wildman–Crippen LogP) is -3.50. The first kappa shape index (κ1) is 25.6. The van der Waals surface area contributed by atoms with Crippen LogP contribution in [0.4, 0.5) is 5.82 Å². The Hall–Kier alpha value is -1.07. The van der Waals surface area contributed by atoms with Crippen LogP contribution in [0.1, 0.15) is 6.23 Å². The summed E-state index contributed by atoms with van der Waals surface area (Å²) in [5, 5.41) is 20.1. The molecule has 2 aromatic rings. The van der Waals surface area contributed by atoms with Crippen LogP contribution in [0.5, 0.6) is 0 Å². The fourth-order valence-corrected chi connectivity index (χ4v) is 5.68. The molecule has 1 aliphatic heterocycles. The number of anilines is 1. The Bertz CT molecular complexity index is 1160. The number of nitrogens with two attached hydrogens (primary N) is 1. The number of aliphatic hydroxyl groups is 2. The monoisotopic (exact) mass is 537 g/mol. The largest absolute Gasteiger partial charge is 0.790 e. The van der Waals surface area contributed by atoms with Gasteiger partial charge in [-0.1, -0.05) is 0 Å². The van der Waals surface area contributed by atoms with E-state index in [4.69, 9.17) is 22.1 Å². The van der Waals surface area contributed by atoms with E-state index in [0.717, 1.165) is 10.9 Å². The van der Waals surface area contributed by atoms with Crippen molar-refractivity contribution in [3.05, 3.63) is 11.6 Å². The van der Waals surface area contributed by atoms with Gasteiger partial charge in [-0.05, 0) is 11.6 Å². The lowest BCUT2D eigenvalue weighted by molar-refractivity contribution is -0.339. The van der Waals surface area contributed by atoms with Gasteiger partial charge in [0.15, 0.2) is 17.7 Å². The SMILES string of the molecule is Nc1nc(Cl)nc2c1ncn2C1OC(COP(=O)([O-])OP(=O)([O-])OP(=O)([O-])[O-])C(O)C1O. The first-order valence-corrected chi connectivity index (χ1v) is 12.7. The molecule has 2 aromatic heterocycles. The van der Waals surface area contributed by atoms with E-state index >= 15 is 0 Å². The highest BCUT2D eigenvalue weighted by Gasteiger charge is 2.45. The third-order valence-corrected chi connectivity index (χ3v) is 7.66. The minimum atomic E-state index is -6.16.